The highest BCUT2D eigenvalue weighted by atomic mass is 16.3. The molecule has 1 aliphatic heterocycles. The third-order valence-electron chi connectivity index (χ3n) is 14.6. The Hall–Kier alpha value is -5.18. The summed E-state index contributed by atoms with van der Waals surface area (Å²) in [6, 6.07) is 0. The van der Waals surface area contributed by atoms with Gasteiger partial charge < -0.3 is 171 Å². The van der Waals surface area contributed by atoms with Crippen LogP contribution in [0.3, 0.4) is 0 Å². The van der Waals surface area contributed by atoms with Gasteiger partial charge in [-0.1, -0.05) is 62.8 Å². The van der Waals surface area contributed by atoms with Gasteiger partial charge >= 0.3 is 5.78 Å². The number of quaternary nitrogens is 8. The fraction of sp³-hybridized carbons (Fsp3) is 0.703. The molecule has 0 aromatic heterocycles. The third kappa shape index (κ3) is 109. The molecule has 108 heavy (non-hydrogen) atoms. The predicted molar refractivity (Wildman–Crippen MR) is 421 cm³/mol. The highest BCUT2D eigenvalue weighted by Gasteiger charge is 2.17. The number of ketones is 1. The average molecular weight is 1570 g/mol. The quantitative estimate of drug-likeness (QED) is 0.00884. The van der Waals surface area contributed by atoms with E-state index in [9.17, 15) is 56.2 Å². The Morgan fingerprint density at radius 1 is 0.398 bits per heavy atom. The molecule has 2 aliphatic rings. The molecular formula is C74H163N13O21+10. The Morgan fingerprint density at radius 3 is 0.963 bits per heavy atom. The van der Waals surface area contributed by atoms with E-state index in [1.165, 1.54) is 18.6 Å². The molecule has 16 atom stereocenters. The van der Waals surface area contributed by atoms with Gasteiger partial charge in [-0.3, -0.25) is 4.79 Å². The van der Waals surface area contributed by atoms with Crippen molar-refractivity contribution in [2.75, 3.05) is 85.1 Å². The number of aliphatic hydroxyl groups is 20. The van der Waals surface area contributed by atoms with Gasteiger partial charge in [0, 0.05) is 90.0 Å². The number of allylic oxidation sites excluding steroid dienone is 7. The van der Waals surface area contributed by atoms with E-state index in [0.29, 0.717) is 142 Å². The number of hydrogen-bond donors (Lipinski definition) is 33. The van der Waals surface area contributed by atoms with Crippen LogP contribution in [0, 0.1) is 0 Å². The van der Waals surface area contributed by atoms with Gasteiger partial charge in [0.25, 0.3) is 0 Å². The molecule has 0 bridgehead atoms. The van der Waals surface area contributed by atoms with Crippen molar-refractivity contribution in [1.29, 1.82) is 0 Å². The summed E-state index contributed by atoms with van der Waals surface area (Å²) in [6.07, 6.45) is 28.2. The molecule has 640 valence electrons. The largest absolute Gasteiger partial charge is 0.513 e. The van der Waals surface area contributed by atoms with E-state index in [4.69, 9.17) is 73.7 Å². The molecule has 34 nitrogen and oxygen atoms in total. The van der Waals surface area contributed by atoms with Crippen LogP contribution in [-0.2, 0) is 0 Å². The summed E-state index contributed by atoms with van der Waals surface area (Å²) >= 11 is 0. The van der Waals surface area contributed by atoms with Crippen molar-refractivity contribution >= 4 is 12.0 Å². The molecule has 54 N–H and O–H groups in total. The molecule has 0 radical (unpaired) electrons. The van der Waals surface area contributed by atoms with Gasteiger partial charge in [-0.15, -0.1) is 0 Å². The van der Waals surface area contributed by atoms with Crippen molar-refractivity contribution in [2.45, 2.75) is 245 Å². The Balaban J connectivity index is -0.000000175. The fourth-order valence-corrected chi connectivity index (χ4v) is 8.24. The van der Waals surface area contributed by atoms with Gasteiger partial charge in [0.05, 0.1) is 92.1 Å². The Morgan fingerprint density at radius 2 is 0.722 bits per heavy atom. The van der Waals surface area contributed by atoms with Crippen LogP contribution in [0.5, 0.6) is 0 Å². The second-order valence-electron chi connectivity index (χ2n) is 25.6. The lowest BCUT2D eigenvalue weighted by Crippen LogP contribution is -2.69. The second kappa shape index (κ2) is 89.0. The minimum Gasteiger partial charge on any atom is -0.513 e. The fourth-order valence-electron chi connectivity index (χ4n) is 8.24. The smallest absolute Gasteiger partial charge is 0.316 e. The van der Waals surface area contributed by atoms with Crippen molar-refractivity contribution < 1.29 is 158 Å². The maximum absolute atomic E-state index is 9.55. The molecule has 1 aliphatic carbocycles. The third-order valence-corrected chi connectivity index (χ3v) is 14.6. The van der Waals surface area contributed by atoms with E-state index in [0.717, 1.165) is 45.1 Å². The van der Waals surface area contributed by atoms with E-state index >= 15 is 0 Å². The summed E-state index contributed by atoms with van der Waals surface area (Å²) in [7, 11) is 0. The van der Waals surface area contributed by atoms with Crippen molar-refractivity contribution in [2.24, 2.45) is 22.9 Å². The minimum atomic E-state index is -0.664. The highest BCUT2D eigenvalue weighted by Crippen LogP contribution is 2.14. The van der Waals surface area contributed by atoms with Crippen LogP contribution in [0.2, 0.25) is 0 Å². The summed E-state index contributed by atoms with van der Waals surface area (Å²) in [4.78, 5) is 11.6. The zero-order valence-electron chi connectivity index (χ0n) is 65.4. The number of carbonyl (C=O) groups excluding carboxylic acids is 1. The summed E-state index contributed by atoms with van der Waals surface area (Å²) < 4.78 is 0. The average Bonchev–Trinajstić information content (AvgIpc) is 1.26. The minimum absolute atomic E-state index is 0.0150. The van der Waals surface area contributed by atoms with Gasteiger partial charge in [0.2, 0.25) is 0 Å². The lowest BCUT2D eigenvalue weighted by atomic mass is 10.0. The van der Waals surface area contributed by atoms with E-state index in [1.54, 1.807) is 30.4 Å². The van der Waals surface area contributed by atoms with Crippen LogP contribution >= 0.6 is 0 Å². The molecule has 34 heteroatoms. The first kappa shape index (κ1) is 119. The second-order valence-corrected chi connectivity index (χ2v) is 25.6. The van der Waals surface area contributed by atoms with Crippen LogP contribution in [0.1, 0.15) is 148 Å². The van der Waals surface area contributed by atoms with Crippen molar-refractivity contribution in [3.63, 3.8) is 0 Å². The van der Waals surface area contributed by atoms with Gasteiger partial charge in [-0.05, 0) is 114 Å². The van der Waals surface area contributed by atoms with Crippen molar-refractivity contribution in [3.8, 4) is 0 Å². The molecule has 0 aromatic rings. The van der Waals surface area contributed by atoms with Crippen LogP contribution in [0.4, 0.5) is 0 Å². The van der Waals surface area contributed by atoms with Crippen molar-refractivity contribution in [1.82, 2.24) is 0 Å². The molecule has 0 aromatic carbocycles. The predicted octanol–water partition coefficient (Wildman–Crippen LogP) is -10.3. The lowest BCUT2D eigenvalue weighted by molar-refractivity contribution is -0.451. The molecule has 2 rings (SSSR count). The highest BCUT2D eigenvalue weighted by molar-refractivity contribution is 5.92. The number of nitrogens with one attached hydrogen (secondary N) is 1. The van der Waals surface area contributed by atoms with Crippen LogP contribution < -0.4 is 73.8 Å². The topological polar surface area (TPSA) is 765 Å². The number of aliphatic hydroxyl groups excluding tert-OH is 20. The van der Waals surface area contributed by atoms with E-state index in [-0.39, 0.29) is 68.5 Å². The van der Waals surface area contributed by atoms with Crippen LogP contribution in [0.25, 0.3) is 0 Å². The Kier molecular flexibility index (Phi) is 97.7. The number of hydrogen-bond acceptors (Lipinski definition) is 24. The zero-order chi connectivity index (χ0) is 84.5. The van der Waals surface area contributed by atoms with Gasteiger partial charge in [0.1, 0.15) is 94.0 Å². The standard InChI is InChI=1S/C11H26N2O4.C11H24N2O3.C11H23NO4.C11H21NO3.C5H14N2O2.C5H12N2O.C5H11NO2.C5H9NO.C5H7N.C5H6O/c12-6-10(16)4-8(14)2-1-3-9(15)5-11(17)7-13;12-7-10(15)5-3-1-2-4-9(14)6-11(16)8-13;1-8(13)5-9(14)3-2-4-10(15)6-11(16)7-12;1-9(13)5-3-2-4-6-10(14)7-11(15)8-12;6-2-4(8)1-5(9)3-7;6-3-1-2-5(8)4-7;1-4(7)2-5(8)3-6;1-5(7)3-2-4-6;1-2-4-6-5-3-1;6-5-3-1-2-4-5/h8-11,14-17H,1-7,12-13H2;3,5,9-11,14-16H,1-2,4,6-8,12-13H2;9-11,13-16H,1-7,12H2;3,5,10-11,13-15H,1-2,4,6-8,12H2;4-5,8-9H,1-3,6-7H2;1-2,5,8H,3-4,6-7H2;5,7-8H,1-3,6H2;2-3,7H,1,4,6H2;1-2,4H,3,5H2;1,3H,2,4H2/p+10/b;5-3+;;5-3+;;2-1+;;3-2+;;. The van der Waals surface area contributed by atoms with Crippen LogP contribution in [0.15, 0.2) is 122 Å². The van der Waals surface area contributed by atoms with Gasteiger partial charge in [-0.25, -0.2) is 4.99 Å². The molecule has 0 saturated heterocycles. The molecule has 0 saturated carbocycles. The van der Waals surface area contributed by atoms with E-state index in [2.05, 4.69) is 83.3 Å². The van der Waals surface area contributed by atoms with Gasteiger partial charge in [0.15, 0.2) is 6.21 Å². The van der Waals surface area contributed by atoms with Crippen LogP contribution in [-0.4, -0.2) is 302 Å². The maximum atomic E-state index is 9.55. The molecule has 1 heterocycles. The first-order valence-electron chi connectivity index (χ1n) is 37.6. The molecule has 16 unspecified atom stereocenters. The molecule has 0 fully saturated rings. The first-order chi connectivity index (χ1) is 50.9. The summed E-state index contributed by atoms with van der Waals surface area (Å²) in [5.41, 5.74) is 48.8. The zero-order valence-corrected chi connectivity index (χ0v) is 65.4. The van der Waals surface area contributed by atoms with Crippen molar-refractivity contribution in [3.05, 3.63) is 122 Å². The SMILES string of the molecule is C1=CCC[NH+]=C1.C=C(O)/C=C/CCCC(O)CC(O)C[NH3+].C=C(O)/C=C/C[NH3+].C=C(O)CC(O)CCCC(O)CC(O)C[NH3+].C=C(O)CC(O)C[NH3+].NCC(O)/C=C/CCCC(O)CC(O)C[NH3+].NCC(O)/C=C/C[NH3+].NCC(O)CC(O)CCCC(O)CC(O)C[NH3+].NCC(O)CC(O)C[NH3+].[OH+]=C1C=CCC1. The monoisotopic (exact) mass is 1570 g/mol. The van der Waals surface area contributed by atoms with E-state index in [1.807, 2.05) is 30.5 Å². The Labute approximate surface area is 643 Å². The normalized spacial score (nSPS) is 16.5. The molecule has 0 amide bonds. The summed E-state index contributed by atoms with van der Waals surface area (Å²) in [5, 5.41) is 182. The molecule has 0 spiro atoms. The number of rotatable bonds is 48. The number of nitrogens with two attached hydrogens (primary N) is 4. The van der Waals surface area contributed by atoms with E-state index < -0.39 is 97.7 Å². The summed E-state index contributed by atoms with van der Waals surface area (Å²) in [5.74, 6) is 0.642. The Bertz CT molecular complexity index is 2190. The first-order valence-corrected chi connectivity index (χ1v) is 37.6. The van der Waals surface area contributed by atoms with Gasteiger partial charge in [-0.2, -0.15) is 0 Å². The number of unbranched alkanes of at least 4 members (excludes halogenated alkanes) is 2. The lowest BCUT2D eigenvalue weighted by Gasteiger charge is -2.16. The maximum Gasteiger partial charge on any atom is 0.316 e. The summed E-state index contributed by atoms with van der Waals surface area (Å²) in [6.45, 7) is 18.9. The molecular weight excluding hydrogens is 1410 g/mol.